The van der Waals surface area contributed by atoms with E-state index in [9.17, 15) is 0 Å². The molecule has 2 aliphatic heterocycles. The van der Waals surface area contributed by atoms with Gasteiger partial charge in [-0.05, 0) is 28.6 Å². The molecular formula is C39H28BNO3. The van der Waals surface area contributed by atoms with Crippen LogP contribution in [0, 0.1) is 0 Å². The lowest BCUT2D eigenvalue weighted by Gasteiger charge is -2.39. The SMILES string of the molecule is CC1(C)c2ccccc2B2c3cc(-c4ccccc4)oc3N(c3ccc(-c4ccccc4)o3)c3oc(-c4ccccc4)c1c32. The maximum absolute atomic E-state index is 7.05. The Morgan fingerprint density at radius 2 is 1.16 bits per heavy atom. The molecule has 44 heavy (non-hydrogen) atoms. The Labute approximate surface area is 256 Å². The first-order valence-electron chi connectivity index (χ1n) is 15.1. The zero-order valence-corrected chi connectivity index (χ0v) is 24.5. The van der Waals surface area contributed by atoms with E-state index in [1.807, 2.05) is 59.5 Å². The number of hydrogen-bond acceptors (Lipinski definition) is 4. The molecule has 2 aliphatic rings. The lowest BCUT2D eigenvalue weighted by Crippen LogP contribution is -2.62. The quantitative estimate of drug-likeness (QED) is 0.200. The third-order valence-electron chi connectivity index (χ3n) is 9.21. The smallest absolute Gasteiger partial charge is 0.256 e. The second kappa shape index (κ2) is 9.29. The summed E-state index contributed by atoms with van der Waals surface area (Å²) in [5.41, 5.74) is 8.83. The summed E-state index contributed by atoms with van der Waals surface area (Å²) in [6, 6.07) is 45.9. The van der Waals surface area contributed by atoms with Gasteiger partial charge in [-0.15, -0.1) is 0 Å². The van der Waals surface area contributed by atoms with Crippen molar-refractivity contribution >= 4 is 40.8 Å². The van der Waals surface area contributed by atoms with Gasteiger partial charge in [0.25, 0.3) is 6.71 Å². The Kier molecular flexibility index (Phi) is 5.30. The van der Waals surface area contributed by atoms with Crippen molar-refractivity contribution in [3.8, 4) is 34.0 Å². The lowest BCUT2D eigenvalue weighted by atomic mass is 9.31. The Hall–Kier alpha value is -5.42. The minimum atomic E-state index is -0.303. The van der Waals surface area contributed by atoms with Crippen LogP contribution in [0.25, 0.3) is 34.0 Å². The number of hydrogen-bond donors (Lipinski definition) is 0. The predicted octanol–water partition coefficient (Wildman–Crippen LogP) is 8.41. The standard InChI is InChI=1S/C39H28BNO3/c1-39(2)28-20-12-13-21-29(28)40-30-24-32(26-16-8-4-9-17-26)43-37(30)41(33-23-22-31(42-33)25-14-6-3-7-15-25)38-35(40)34(39)36(44-38)27-18-10-5-11-19-27/h3-24H,1-2H3. The molecule has 0 unspecified atom stereocenters. The normalized spacial score (nSPS) is 14.2. The summed E-state index contributed by atoms with van der Waals surface area (Å²) in [7, 11) is 0. The molecule has 4 nitrogen and oxygen atoms in total. The highest BCUT2D eigenvalue weighted by Gasteiger charge is 2.52. The Bertz CT molecular complexity index is 2160. The van der Waals surface area contributed by atoms with Crippen LogP contribution in [0.5, 0.6) is 0 Å². The molecule has 3 aromatic heterocycles. The number of fused-ring (bicyclic) bond motifs is 4. The summed E-state index contributed by atoms with van der Waals surface area (Å²) in [6.07, 6.45) is 0. The van der Waals surface area contributed by atoms with E-state index in [4.69, 9.17) is 13.3 Å². The fourth-order valence-electron chi connectivity index (χ4n) is 7.23. The van der Waals surface area contributed by atoms with Crippen LogP contribution in [0.4, 0.5) is 17.7 Å². The molecule has 7 aromatic rings. The van der Waals surface area contributed by atoms with E-state index >= 15 is 0 Å². The van der Waals surface area contributed by atoms with Gasteiger partial charge in [0, 0.05) is 33.7 Å². The molecule has 5 heteroatoms. The van der Waals surface area contributed by atoms with Crippen LogP contribution in [0.1, 0.15) is 25.0 Å². The van der Waals surface area contributed by atoms with Gasteiger partial charge in [-0.1, -0.05) is 135 Å². The highest BCUT2D eigenvalue weighted by atomic mass is 16.4. The van der Waals surface area contributed by atoms with E-state index < -0.39 is 0 Å². The van der Waals surface area contributed by atoms with Gasteiger partial charge in [-0.3, -0.25) is 0 Å². The molecule has 0 saturated carbocycles. The summed E-state index contributed by atoms with van der Waals surface area (Å²) in [4.78, 5) is 2.04. The van der Waals surface area contributed by atoms with Crippen LogP contribution in [-0.4, -0.2) is 6.71 Å². The minimum absolute atomic E-state index is 0.0542. The van der Waals surface area contributed by atoms with Gasteiger partial charge in [0.1, 0.15) is 17.3 Å². The van der Waals surface area contributed by atoms with Crippen molar-refractivity contribution in [2.24, 2.45) is 0 Å². The first-order chi connectivity index (χ1) is 21.6. The van der Waals surface area contributed by atoms with Crippen molar-refractivity contribution in [1.29, 1.82) is 0 Å². The van der Waals surface area contributed by atoms with Crippen LogP contribution in [0.2, 0.25) is 0 Å². The number of rotatable bonds is 4. The van der Waals surface area contributed by atoms with Crippen LogP contribution in [0.15, 0.2) is 147 Å². The van der Waals surface area contributed by atoms with Crippen molar-refractivity contribution in [2.75, 3.05) is 4.90 Å². The van der Waals surface area contributed by atoms with Crippen molar-refractivity contribution in [3.63, 3.8) is 0 Å². The summed E-state index contributed by atoms with van der Waals surface area (Å²) in [6.45, 7) is 4.57. The molecule has 210 valence electrons. The zero-order chi connectivity index (χ0) is 29.4. The Morgan fingerprint density at radius 1 is 0.545 bits per heavy atom. The molecule has 0 fully saturated rings. The molecule has 0 bridgehead atoms. The van der Waals surface area contributed by atoms with Gasteiger partial charge in [0.15, 0.2) is 0 Å². The number of nitrogens with zero attached hydrogens (tertiary/aromatic N) is 1. The van der Waals surface area contributed by atoms with Crippen molar-refractivity contribution in [2.45, 2.75) is 19.3 Å². The molecule has 0 spiro atoms. The van der Waals surface area contributed by atoms with E-state index in [2.05, 4.69) is 92.7 Å². The second-order valence-corrected chi connectivity index (χ2v) is 12.1. The fourth-order valence-corrected chi connectivity index (χ4v) is 7.23. The van der Waals surface area contributed by atoms with Crippen LogP contribution < -0.4 is 21.3 Å². The predicted molar refractivity (Wildman–Crippen MR) is 177 cm³/mol. The monoisotopic (exact) mass is 569 g/mol. The van der Waals surface area contributed by atoms with Gasteiger partial charge in [-0.2, -0.15) is 0 Å². The van der Waals surface area contributed by atoms with Crippen LogP contribution in [-0.2, 0) is 5.41 Å². The molecule has 0 radical (unpaired) electrons. The minimum Gasteiger partial charge on any atom is -0.440 e. The highest BCUT2D eigenvalue weighted by Crippen LogP contribution is 2.49. The van der Waals surface area contributed by atoms with Gasteiger partial charge in [0.2, 0.25) is 17.7 Å². The highest BCUT2D eigenvalue weighted by molar-refractivity contribution is 6.99. The molecule has 0 aliphatic carbocycles. The topological polar surface area (TPSA) is 42.7 Å². The first kappa shape index (κ1) is 25.1. The van der Waals surface area contributed by atoms with Gasteiger partial charge in [0.05, 0.1) is 0 Å². The van der Waals surface area contributed by atoms with E-state index in [0.29, 0.717) is 11.8 Å². The molecule has 0 amide bonds. The second-order valence-electron chi connectivity index (χ2n) is 12.1. The zero-order valence-electron chi connectivity index (χ0n) is 24.5. The van der Waals surface area contributed by atoms with Gasteiger partial charge < -0.3 is 13.3 Å². The number of furan rings is 3. The van der Waals surface area contributed by atoms with E-state index in [-0.39, 0.29) is 12.1 Å². The van der Waals surface area contributed by atoms with Gasteiger partial charge in [-0.25, -0.2) is 4.90 Å². The van der Waals surface area contributed by atoms with Gasteiger partial charge >= 0.3 is 0 Å². The molecular weight excluding hydrogens is 541 g/mol. The third-order valence-corrected chi connectivity index (χ3v) is 9.21. The summed E-state index contributed by atoms with van der Waals surface area (Å²) >= 11 is 0. The molecule has 5 heterocycles. The molecule has 4 aromatic carbocycles. The molecule has 0 saturated heterocycles. The maximum atomic E-state index is 7.05. The fraction of sp³-hybridized carbons (Fsp3) is 0.0769. The molecule has 9 rings (SSSR count). The van der Waals surface area contributed by atoms with E-state index in [1.54, 1.807) is 0 Å². The lowest BCUT2D eigenvalue weighted by molar-refractivity contribution is 0.521. The summed E-state index contributed by atoms with van der Waals surface area (Å²) in [5, 5.41) is 0. The Morgan fingerprint density at radius 3 is 1.86 bits per heavy atom. The number of anilines is 3. The first-order valence-corrected chi connectivity index (χ1v) is 15.1. The van der Waals surface area contributed by atoms with Crippen LogP contribution in [0.3, 0.4) is 0 Å². The van der Waals surface area contributed by atoms with E-state index in [0.717, 1.165) is 50.8 Å². The number of benzene rings is 4. The average molecular weight is 569 g/mol. The third kappa shape index (κ3) is 3.53. The summed E-state index contributed by atoms with van der Waals surface area (Å²) < 4.78 is 20.5. The van der Waals surface area contributed by atoms with Crippen molar-refractivity contribution in [3.05, 3.63) is 145 Å². The van der Waals surface area contributed by atoms with E-state index in [1.165, 1.54) is 16.6 Å². The largest absolute Gasteiger partial charge is 0.440 e. The van der Waals surface area contributed by atoms with Crippen LogP contribution >= 0.6 is 0 Å². The van der Waals surface area contributed by atoms with Crippen molar-refractivity contribution < 1.29 is 13.3 Å². The molecule has 0 N–H and O–H groups in total. The average Bonchev–Trinajstić information content (AvgIpc) is 3.83. The molecule has 0 atom stereocenters. The van der Waals surface area contributed by atoms with Crippen molar-refractivity contribution in [1.82, 2.24) is 0 Å². The Balaban J connectivity index is 1.35. The summed E-state index contributed by atoms with van der Waals surface area (Å²) in [5.74, 6) is 4.58. The maximum Gasteiger partial charge on any atom is 0.256 e.